The highest BCUT2D eigenvalue weighted by atomic mass is 16.7. The van der Waals surface area contributed by atoms with E-state index in [4.69, 9.17) is 33.1 Å². The summed E-state index contributed by atoms with van der Waals surface area (Å²) in [6.45, 7) is 17.0. The largest absolute Gasteiger partial charge is 0.507 e. The molecule has 1 fully saturated rings. The predicted octanol–water partition coefficient (Wildman–Crippen LogP) is 6.95. The van der Waals surface area contributed by atoms with Gasteiger partial charge in [-0.15, -0.1) is 0 Å². The van der Waals surface area contributed by atoms with E-state index in [-0.39, 0.29) is 68.5 Å². The lowest BCUT2D eigenvalue weighted by Gasteiger charge is -2.35. The predicted molar refractivity (Wildman–Crippen MR) is 247 cm³/mol. The van der Waals surface area contributed by atoms with Crippen LogP contribution in [0.1, 0.15) is 90.6 Å². The molecule has 4 N–H and O–H groups in total. The Morgan fingerprint density at radius 3 is 2.39 bits per heavy atom. The highest BCUT2D eigenvalue weighted by molar-refractivity contribution is 6.22. The maximum atomic E-state index is 14.8. The van der Waals surface area contributed by atoms with E-state index in [0.717, 1.165) is 25.9 Å². The Bertz CT molecular complexity index is 2640. The van der Waals surface area contributed by atoms with Crippen LogP contribution in [0.4, 0.5) is 5.69 Å². The zero-order chi connectivity index (χ0) is 47.9. The molecule has 0 aromatic heterocycles. The second-order valence-electron chi connectivity index (χ2n) is 18.3. The van der Waals surface area contributed by atoms with Gasteiger partial charge in [-0.3, -0.25) is 19.2 Å². The molecule has 0 radical (unpaired) electrons. The quantitative estimate of drug-likeness (QED) is 0.0905. The van der Waals surface area contributed by atoms with Gasteiger partial charge in [0, 0.05) is 86.9 Å². The van der Waals surface area contributed by atoms with Crippen LogP contribution in [-0.2, 0) is 23.8 Å². The van der Waals surface area contributed by atoms with Crippen LogP contribution in [0.2, 0.25) is 0 Å². The number of nitrogens with zero attached hydrogens (tertiary/aromatic N) is 2. The van der Waals surface area contributed by atoms with Crippen molar-refractivity contribution in [3.8, 4) is 28.7 Å². The van der Waals surface area contributed by atoms with Gasteiger partial charge in [0.05, 0.1) is 35.5 Å². The van der Waals surface area contributed by atoms with Crippen LogP contribution < -0.4 is 20.2 Å². The van der Waals surface area contributed by atoms with Gasteiger partial charge >= 0.3 is 11.8 Å². The zero-order valence-electron chi connectivity index (χ0n) is 39.2. The number of phenolic OH excluding ortho intramolecular Hbond substituents is 1. The first kappa shape index (κ1) is 48.1. The molecule has 4 aliphatic heterocycles. The van der Waals surface area contributed by atoms with Crippen molar-refractivity contribution in [2.75, 3.05) is 25.5 Å². The van der Waals surface area contributed by atoms with Crippen LogP contribution in [0.25, 0.3) is 33.3 Å². The summed E-state index contributed by atoms with van der Waals surface area (Å²) >= 11 is 0. The van der Waals surface area contributed by atoms with Gasteiger partial charge in [0.25, 0.3) is 11.7 Å². The first-order valence-electron chi connectivity index (χ1n) is 22.6. The zero-order valence-corrected chi connectivity index (χ0v) is 39.2. The second kappa shape index (κ2) is 19.2. The monoisotopic (exact) mass is 911 g/mol. The van der Waals surface area contributed by atoms with Gasteiger partial charge in [-0.1, -0.05) is 39.0 Å². The number of allylic oxidation sites excluding steroid dienone is 2. The van der Waals surface area contributed by atoms with E-state index in [1.807, 2.05) is 0 Å². The number of ether oxygens (including phenoxy) is 5. The number of hydrogen-bond donors (Lipinski definition) is 4. The summed E-state index contributed by atoms with van der Waals surface area (Å²) in [5, 5.41) is 36.7. The minimum Gasteiger partial charge on any atom is -0.507 e. The number of nitrogens with one attached hydrogen (secondary N) is 1. The third-order valence-corrected chi connectivity index (χ3v) is 13.4. The lowest BCUT2D eigenvalue weighted by molar-refractivity contribution is -0.158. The molecule has 7 rings (SSSR count). The highest BCUT2D eigenvalue weighted by Gasteiger charge is 2.50. The Morgan fingerprint density at radius 1 is 1.02 bits per heavy atom. The number of Topliss-reactive ketones (excluding diaryl/α,β-unsaturated/α-hetero) is 1. The number of carbonyl (C=O) groups excluding carboxylic acids is 3. The number of piperidine rings is 1. The molecule has 0 saturated carbocycles. The summed E-state index contributed by atoms with van der Waals surface area (Å²) in [7, 11) is 1.45. The minimum absolute atomic E-state index is 0.00897. The minimum atomic E-state index is -2.03. The lowest BCUT2D eigenvalue weighted by atomic mass is 9.83. The standard InChI is InChI=1S/C50H61N3O13/c1-24(2)53-19-16-31(17-20-53)64-32-14-15-33-37(22-32)65-47-41(51-33)38-39-43(57)29(7)46-40(38)48(59)50(9,66-46)62-21-18-36(61-10)28(6)45(63-30(8)54)27(5)35(56)23-34(55)25(3)12-11-13-26(4)49(60)52-42(47)44(39)58/h11-15,18,21-22,24-25,27-28,31,34-36,45,55-57H,16-17,19-20,23H2,1-10H3,(H,52,60)/b12-11+,21-18+,26-13-/t25-,27+,28+,34+,35+,36-,45-,50-/m0/s1. The van der Waals surface area contributed by atoms with Crippen LogP contribution in [0.15, 0.2) is 63.6 Å². The number of aliphatic hydroxyl groups is 2. The first-order chi connectivity index (χ1) is 31.2. The fourth-order valence-corrected chi connectivity index (χ4v) is 9.12. The first-order valence-corrected chi connectivity index (χ1v) is 22.6. The second-order valence-corrected chi connectivity index (χ2v) is 18.3. The van der Waals surface area contributed by atoms with Gasteiger partial charge < -0.3 is 53.6 Å². The summed E-state index contributed by atoms with van der Waals surface area (Å²) in [4.78, 5) is 63.2. The van der Waals surface area contributed by atoms with Gasteiger partial charge in [-0.05, 0) is 58.7 Å². The number of aromatic hydroxyl groups is 1. The molecule has 1 saturated heterocycles. The van der Waals surface area contributed by atoms with Crippen molar-refractivity contribution < 1.29 is 57.8 Å². The van der Waals surface area contributed by atoms with Crippen molar-refractivity contribution in [3.05, 3.63) is 75.7 Å². The van der Waals surface area contributed by atoms with Crippen LogP contribution in [0, 0.1) is 24.7 Å². The topological polar surface area (TPSA) is 216 Å². The normalized spacial score (nSPS) is 29.1. The van der Waals surface area contributed by atoms with Gasteiger partial charge in [0.2, 0.25) is 5.43 Å². The van der Waals surface area contributed by atoms with Gasteiger partial charge in [-0.25, -0.2) is 4.98 Å². The van der Waals surface area contributed by atoms with E-state index >= 15 is 0 Å². The maximum Gasteiger partial charge on any atom is 0.312 e. The summed E-state index contributed by atoms with van der Waals surface area (Å²) in [5.74, 6) is -5.92. The fourth-order valence-electron chi connectivity index (χ4n) is 9.12. The number of amides is 1. The summed E-state index contributed by atoms with van der Waals surface area (Å²) in [5.41, 5.74) is -0.458. The number of rotatable bonds is 5. The van der Waals surface area contributed by atoms with Crippen LogP contribution in [0.5, 0.6) is 17.2 Å². The molecular weight excluding hydrogens is 851 g/mol. The third kappa shape index (κ3) is 9.28. The summed E-state index contributed by atoms with van der Waals surface area (Å²) in [6, 6.07) is 5.58. The number of phenols is 1. The smallest absolute Gasteiger partial charge is 0.312 e. The molecule has 5 aliphatic rings. The molecule has 2 aromatic carbocycles. The van der Waals surface area contributed by atoms with Crippen molar-refractivity contribution >= 4 is 45.2 Å². The molecule has 16 nitrogen and oxygen atoms in total. The van der Waals surface area contributed by atoms with E-state index in [0.29, 0.717) is 17.3 Å². The van der Waals surface area contributed by atoms with E-state index in [1.54, 1.807) is 51.1 Å². The SMILES string of the molecule is CO[C@H]1/C=C/O[C@@]2(C)Oc3c(C)c(O)c4c(=O)c(c5oc6cc(OC7CCN(C(C)C)CC7)ccc6nc-5c4c3C2=O)NC(=O)/C(C)=C\C=C\[C@H](C)[C@H](O)C[C@@H](O)[C@@H](C)[C@H](OC(C)=O)[C@@H]1C. The Balaban J connectivity index is 1.39. The van der Waals surface area contributed by atoms with Crippen LogP contribution in [-0.4, -0.2) is 105 Å². The number of likely N-dealkylation sites (tertiary alicyclic amines) is 1. The maximum absolute atomic E-state index is 14.8. The van der Waals surface area contributed by atoms with Crippen molar-refractivity contribution in [3.63, 3.8) is 0 Å². The van der Waals surface area contributed by atoms with Crippen molar-refractivity contribution in [1.82, 2.24) is 9.88 Å². The molecule has 8 atom stereocenters. The molecular formula is C50H61N3O13. The summed E-state index contributed by atoms with van der Waals surface area (Å²) < 4.78 is 36.8. The molecule has 16 heteroatoms. The Morgan fingerprint density at radius 2 is 1.73 bits per heavy atom. The molecule has 1 aliphatic carbocycles. The number of aliphatic hydroxyl groups excluding tert-OH is 2. The van der Waals surface area contributed by atoms with Crippen molar-refractivity contribution in [1.29, 1.82) is 0 Å². The number of fused-ring (bicyclic) bond motifs is 2. The van der Waals surface area contributed by atoms with Crippen molar-refractivity contribution in [2.45, 2.75) is 124 Å². The number of aromatic nitrogens is 1. The average Bonchev–Trinajstić information content (AvgIpc) is 3.54. The number of ketones is 1. The number of carbonyl (C=O) groups is 3. The number of hydrogen-bond acceptors (Lipinski definition) is 15. The molecule has 0 spiro atoms. The third-order valence-electron chi connectivity index (χ3n) is 13.4. The molecule has 4 bridgehead atoms. The van der Waals surface area contributed by atoms with E-state index < -0.39 is 76.8 Å². The number of anilines is 1. The van der Waals surface area contributed by atoms with E-state index in [2.05, 4.69) is 24.1 Å². The van der Waals surface area contributed by atoms with Gasteiger partial charge in [-0.2, -0.15) is 0 Å². The molecule has 354 valence electrons. The molecule has 2 aromatic rings. The van der Waals surface area contributed by atoms with E-state index in [1.165, 1.54) is 53.2 Å². The average molecular weight is 912 g/mol. The van der Waals surface area contributed by atoms with Crippen molar-refractivity contribution in [2.24, 2.45) is 17.8 Å². The lowest BCUT2D eigenvalue weighted by Crippen LogP contribution is -2.43. The fraction of sp³-hybridized carbons (Fsp3) is 0.500. The van der Waals surface area contributed by atoms with Crippen LogP contribution in [0.3, 0.4) is 0 Å². The Kier molecular flexibility index (Phi) is 14.0. The molecule has 0 unspecified atom stereocenters. The number of benzene rings is 3. The Labute approximate surface area is 383 Å². The molecule has 66 heavy (non-hydrogen) atoms. The van der Waals surface area contributed by atoms with Crippen LogP contribution >= 0.6 is 0 Å². The van der Waals surface area contributed by atoms with E-state index in [9.17, 15) is 34.5 Å². The number of methoxy groups -OCH3 is 1. The summed E-state index contributed by atoms with van der Waals surface area (Å²) in [6.07, 6.45) is 5.26. The Hall–Kier alpha value is -5.81. The number of esters is 1. The van der Waals surface area contributed by atoms with Gasteiger partial charge in [0.15, 0.2) is 11.3 Å². The van der Waals surface area contributed by atoms with Gasteiger partial charge in [0.1, 0.15) is 46.4 Å². The molecule has 1 amide bonds. The molecule has 4 heterocycles. The highest BCUT2D eigenvalue weighted by Crippen LogP contribution is 2.50.